The van der Waals surface area contributed by atoms with Crippen LogP contribution in [-0.2, 0) is 16.0 Å². The number of aliphatic carboxylic acids is 1. The van der Waals surface area contributed by atoms with Crippen molar-refractivity contribution in [3.63, 3.8) is 0 Å². The van der Waals surface area contributed by atoms with Crippen LogP contribution in [-0.4, -0.2) is 35.0 Å². The number of carboxylic acids is 1. The molecule has 4 nitrogen and oxygen atoms in total. The molecule has 0 bridgehead atoms. The van der Waals surface area contributed by atoms with Gasteiger partial charge >= 0.3 is 5.97 Å². The van der Waals surface area contributed by atoms with E-state index in [9.17, 15) is 9.59 Å². The molecule has 0 saturated heterocycles. The van der Waals surface area contributed by atoms with E-state index in [1.54, 1.807) is 0 Å². The van der Waals surface area contributed by atoms with Gasteiger partial charge in [-0.05, 0) is 12.0 Å². The van der Waals surface area contributed by atoms with Crippen LogP contribution in [0.15, 0.2) is 30.3 Å². The summed E-state index contributed by atoms with van der Waals surface area (Å²) in [7, 11) is 0. The topological polar surface area (TPSA) is 57.6 Å². The molecular weight excluding hydrogens is 230 g/mol. The molecule has 18 heavy (non-hydrogen) atoms. The van der Waals surface area contributed by atoms with E-state index in [2.05, 4.69) is 5.92 Å². The molecule has 1 N–H and O–H groups in total. The predicted octanol–water partition coefficient (Wildman–Crippen LogP) is 1.17. The average molecular weight is 245 g/mol. The maximum atomic E-state index is 11.8. The number of carboxylic acid groups (broad SMARTS) is 1. The Hall–Kier alpha value is -2.28. The van der Waals surface area contributed by atoms with Crippen LogP contribution < -0.4 is 0 Å². The van der Waals surface area contributed by atoms with Gasteiger partial charge in [-0.25, -0.2) is 0 Å². The van der Waals surface area contributed by atoms with Gasteiger partial charge in [0.05, 0.1) is 6.54 Å². The molecule has 0 atom stereocenters. The van der Waals surface area contributed by atoms with Gasteiger partial charge in [0.15, 0.2) is 0 Å². The van der Waals surface area contributed by atoms with Crippen molar-refractivity contribution >= 4 is 11.9 Å². The quantitative estimate of drug-likeness (QED) is 0.765. The van der Waals surface area contributed by atoms with Gasteiger partial charge in [-0.15, -0.1) is 6.42 Å². The molecule has 0 aromatic heterocycles. The Morgan fingerprint density at radius 2 is 1.94 bits per heavy atom. The molecule has 0 saturated carbocycles. The van der Waals surface area contributed by atoms with Crippen LogP contribution in [0.5, 0.6) is 0 Å². The number of rotatable bonds is 6. The lowest BCUT2D eigenvalue weighted by Crippen LogP contribution is -2.36. The van der Waals surface area contributed by atoms with Gasteiger partial charge in [0, 0.05) is 6.42 Å². The van der Waals surface area contributed by atoms with Crippen molar-refractivity contribution in [2.24, 2.45) is 0 Å². The predicted molar refractivity (Wildman–Crippen MR) is 67.8 cm³/mol. The fourth-order valence-corrected chi connectivity index (χ4v) is 1.56. The first-order valence-electron chi connectivity index (χ1n) is 5.60. The van der Waals surface area contributed by atoms with Crippen LogP contribution in [0.3, 0.4) is 0 Å². The molecule has 1 aromatic rings. The summed E-state index contributed by atoms with van der Waals surface area (Å²) >= 11 is 0. The number of carbonyl (C=O) groups excluding carboxylic acids is 1. The molecule has 0 unspecified atom stereocenters. The molecule has 1 aromatic carbocycles. The second-order valence-corrected chi connectivity index (χ2v) is 3.83. The lowest BCUT2D eigenvalue weighted by atomic mass is 10.1. The number of terminal acetylenes is 1. The van der Waals surface area contributed by atoms with E-state index in [-0.39, 0.29) is 25.4 Å². The SMILES string of the molecule is C#CCN(CC(=O)O)C(=O)CCc1ccccc1. The highest BCUT2D eigenvalue weighted by molar-refractivity contribution is 5.81. The van der Waals surface area contributed by atoms with Crippen molar-refractivity contribution in [1.82, 2.24) is 4.90 Å². The fraction of sp³-hybridized carbons (Fsp3) is 0.286. The zero-order valence-corrected chi connectivity index (χ0v) is 10.0. The van der Waals surface area contributed by atoms with Gasteiger partial charge in [-0.3, -0.25) is 9.59 Å². The van der Waals surface area contributed by atoms with Gasteiger partial charge < -0.3 is 10.0 Å². The summed E-state index contributed by atoms with van der Waals surface area (Å²) in [5.74, 6) is 1.00. The van der Waals surface area contributed by atoms with Gasteiger partial charge in [-0.1, -0.05) is 36.3 Å². The minimum atomic E-state index is -1.06. The Morgan fingerprint density at radius 1 is 1.28 bits per heavy atom. The third-order valence-corrected chi connectivity index (χ3v) is 2.43. The number of aryl methyl sites for hydroxylation is 1. The van der Waals surface area contributed by atoms with E-state index in [1.165, 1.54) is 4.90 Å². The number of nitrogens with zero attached hydrogens (tertiary/aromatic N) is 1. The first kappa shape index (κ1) is 13.8. The molecule has 4 heteroatoms. The van der Waals surface area contributed by atoms with E-state index in [0.29, 0.717) is 6.42 Å². The molecular formula is C14H15NO3. The van der Waals surface area contributed by atoms with E-state index >= 15 is 0 Å². The summed E-state index contributed by atoms with van der Waals surface area (Å²) < 4.78 is 0. The summed E-state index contributed by atoms with van der Waals surface area (Å²) in [6, 6.07) is 9.55. The number of benzene rings is 1. The molecule has 0 heterocycles. The van der Waals surface area contributed by atoms with E-state index in [4.69, 9.17) is 11.5 Å². The third-order valence-electron chi connectivity index (χ3n) is 2.43. The van der Waals surface area contributed by atoms with Gasteiger partial charge in [0.1, 0.15) is 6.54 Å². The zero-order chi connectivity index (χ0) is 13.4. The number of amides is 1. The van der Waals surface area contributed by atoms with Crippen molar-refractivity contribution < 1.29 is 14.7 Å². The minimum absolute atomic E-state index is 0.0277. The Bertz CT molecular complexity index is 448. The van der Waals surface area contributed by atoms with Crippen molar-refractivity contribution in [3.8, 4) is 12.3 Å². The maximum Gasteiger partial charge on any atom is 0.323 e. The van der Waals surface area contributed by atoms with Gasteiger partial charge in [0.25, 0.3) is 0 Å². The summed E-state index contributed by atoms with van der Waals surface area (Å²) in [5.41, 5.74) is 1.04. The van der Waals surface area contributed by atoms with E-state index < -0.39 is 5.97 Å². The lowest BCUT2D eigenvalue weighted by molar-refractivity contribution is -0.144. The number of hydrogen-bond acceptors (Lipinski definition) is 2. The van der Waals surface area contributed by atoms with Crippen LogP contribution >= 0.6 is 0 Å². The van der Waals surface area contributed by atoms with E-state index in [1.807, 2.05) is 30.3 Å². The molecule has 0 aliphatic carbocycles. The van der Waals surface area contributed by atoms with Crippen molar-refractivity contribution in [2.75, 3.05) is 13.1 Å². The zero-order valence-electron chi connectivity index (χ0n) is 10.0. The summed E-state index contributed by atoms with van der Waals surface area (Å²) in [6.07, 6.45) is 5.96. The Morgan fingerprint density at radius 3 is 2.50 bits per heavy atom. The maximum absolute atomic E-state index is 11.8. The normalized spacial score (nSPS) is 9.50. The summed E-state index contributed by atoms with van der Waals surface area (Å²) in [6.45, 7) is -0.322. The summed E-state index contributed by atoms with van der Waals surface area (Å²) in [4.78, 5) is 23.6. The molecule has 0 fully saturated rings. The first-order valence-corrected chi connectivity index (χ1v) is 5.60. The fourth-order valence-electron chi connectivity index (χ4n) is 1.56. The average Bonchev–Trinajstić information content (AvgIpc) is 2.36. The second kappa shape index (κ2) is 7.13. The van der Waals surface area contributed by atoms with Crippen LogP contribution in [0.25, 0.3) is 0 Å². The van der Waals surface area contributed by atoms with Crippen molar-refractivity contribution in [2.45, 2.75) is 12.8 Å². The highest BCUT2D eigenvalue weighted by Gasteiger charge is 2.15. The van der Waals surface area contributed by atoms with Crippen LogP contribution in [0.1, 0.15) is 12.0 Å². The van der Waals surface area contributed by atoms with Gasteiger partial charge in [0.2, 0.25) is 5.91 Å². The standard InChI is InChI=1S/C14H15NO3/c1-2-10-15(11-14(17)18)13(16)9-8-12-6-4-3-5-7-12/h1,3-7H,8-11H2,(H,17,18). The summed E-state index contributed by atoms with van der Waals surface area (Å²) in [5, 5.41) is 8.68. The lowest BCUT2D eigenvalue weighted by Gasteiger charge is -2.17. The Kier molecular flexibility index (Phi) is 5.46. The highest BCUT2D eigenvalue weighted by Crippen LogP contribution is 2.04. The minimum Gasteiger partial charge on any atom is -0.480 e. The first-order chi connectivity index (χ1) is 8.63. The largest absolute Gasteiger partial charge is 0.480 e. The third kappa shape index (κ3) is 4.71. The molecule has 0 aliphatic heterocycles. The molecule has 0 aliphatic rings. The van der Waals surface area contributed by atoms with Crippen LogP contribution in [0, 0.1) is 12.3 Å². The Balaban J connectivity index is 2.52. The number of carbonyl (C=O) groups is 2. The van der Waals surface area contributed by atoms with Crippen molar-refractivity contribution in [1.29, 1.82) is 0 Å². The molecule has 0 spiro atoms. The molecule has 0 radical (unpaired) electrons. The molecule has 1 rings (SSSR count). The van der Waals surface area contributed by atoms with E-state index in [0.717, 1.165) is 5.56 Å². The monoisotopic (exact) mass is 245 g/mol. The van der Waals surface area contributed by atoms with Crippen LogP contribution in [0.4, 0.5) is 0 Å². The molecule has 94 valence electrons. The molecule has 1 amide bonds. The van der Waals surface area contributed by atoms with Gasteiger partial charge in [-0.2, -0.15) is 0 Å². The highest BCUT2D eigenvalue weighted by atomic mass is 16.4. The Labute approximate surface area is 106 Å². The van der Waals surface area contributed by atoms with Crippen LogP contribution in [0.2, 0.25) is 0 Å². The second-order valence-electron chi connectivity index (χ2n) is 3.83. The smallest absolute Gasteiger partial charge is 0.323 e. The van der Waals surface area contributed by atoms with Crippen molar-refractivity contribution in [3.05, 3.63) is 35.9 Å². The number of hydrogen-bond donors (Lipinski definition) is 1.